The molecule has 1 aliphatic heterocycles. The first-order valence-electron chi connectivity index (χ1n) is 9.64. The number of piperazine rings is 1. The second kappa shape index (κ2) is 9.03. The molecular formula is C19H27N3O5. The van der Waals surface area contributed by atoms with E-state index in [4.69, 9.17) is 9.15 Å². The minimum Gasteiger partial charge on any atom is -0.460 e. The minimum atomic E-state index is -0.527. The topological polar surface area (TPSA) is 101 Å². The summed E-state index contributed by atoms with van der Waals surface area (Å²) in [6, 6.07) is 3.13. The van der Waals surface area contributed by atoms with E-state index in [0.29, 0.717) is 18.3 Å². The van der Waals surface area contributed by atoms with Crippen LogP contribution in [0.5, 0.6) is 0 Å². The lowest BCUT2D eigenvalue weighted by molar-refractivity contribution is -0.135. The Morgan fingerprint density at radius 1 is 1.33 bits per heavy atom. The molecule has 8 heteroatoms. The number of ether oxygens (including phenoxy) is 1. The van der Waals surface area contributed by atoms with Crippen LogP contribution in [-0.4, -0.2) is 54.5 Å². The van der Waals surface area contributed by atoms with Gasteiger partial charge in [0.05, 0.1) is 25.6 Å². The first kappa shape index (κ1) is 19.4. The Hall–Kier alpha value is -2.35. The van der Waals surface area contributed by atoms with E-state index >= 15 is 0 Å². The van der Waals surface area contributed by atoms with Crippen molar-refractivity contribution in [3.8, 4) is 0 Å². The molecule has 1 saturated carbocycles. The fraction of sp³-hybridized carbons (Fsp3) is 0.632. The fourth-order valence-corrected chi connectivity index (χ4v) is 3.83. The second-order valence-electron chi connectivity index (χ2n) is 6.95. The van der Waals surface area contributed by atoms with Gasteiger partial charge in [0, 0.05) is 19.1 Å². The molecule has 1 aliphatic carbocycles. The van der Waals surface area contributed by atoms with E-state index in [1.54, 1.807) is 13.0 Å². The summed E-state index contributed by atoms with van der Waals surface area (Å²) in [5, 5.41) is 5.63. The van der Waals surface area contributed by atoms with Crippen LogP contribution in [0.15, 0.2) is 16.5 Å². The lowest BCUT2D eigenvalue weighted by Crippen LogP contribution is -2.59. The maximum absolute atomic E-state index is 12.4. The van der Waals surface area contributed by atoms with Gasteiger partial charge >= 0.3 is 5.97 Å². The normalized spacial score (nSPS) is 21.1. The number of hydrogen-bond donors (Lipinski definition) is 2. The van der Waals surface area contributed by atoms with Crippen LogP contribution < -0.4 is 10.6 Å². The Bertz CT molecular complexity index is 681. The molecular weight excluding hydrogens is 350 g/mol. The maximum Gasteiger partial charge on any atom is 0.374 e. The highest BCUT2D eigenvalue weighted by Crippen LogP contribution is 2.26. The molecule has 0 spiro atoms. The lowest BCUT2D eigenvalue weighted by atomic mass is 10.0. The highest BCUT2D eigenvalue weighted by atomic mass is 16.5. The van der Waals surface area contributed by atoms with Crippen LogP contribution in [0.1, 0.15) is 55.3 Å². The van der Waals surface area contributed by atoms with E-state index < -0.39 is 12.0 Å². The number of nitrogens with zero attached hydrogens (tertiary/aromatic N) is 1. The molecule has 2 heterocycles. The molecule has 1 saturated heterocycles. The number of rotatable bonds is 7. The van der Waals surface area contributed by atoms with Crippen molar-refractivity contribution in [2.24, 2.45) is 0 Å². The third-order valence-corrected chi connectivity index (χ3v) is 5.14. The Labute approximate surface area is 158 Å². The molecule has 148 valence electrons. The molecule has 2 fully saturated rings. The van der Waals surface area contributed by atoms with Crippen LogP contribution >= 0.6 is 0 Å². The van der Waals surface area contributed by atoms with E-state index in [1.807, 2.05) is 0 Å². The predicted molar refractivity (Wildman–Crippen MR) is 96.9 cm³/mol. The monoisotopic (exact) mass is 377 g/mol. The smallest absolute Gasteiger partial charge is 0.374 e. The summed E-state index contributed by atoms with van der Waals surface area (Å²) in [4.78, 5) is 38.5. The first-order chi connectivity index (χ1) is 13.1. The van der Waals surface area contributed by atoms with Crippen LogP contribution in [0.2, 0.25) is 0 Å². The standard InChI is InChI=1S/C19H27N3O5/c1-2-26-19(25)16-8-7-14(27-16)12-21-17(23)11-15-18(24)20-9-10-22(15)13-5-3-4-6-13/h7-8,13,15H,2-6,9-12H2,1H3,(H,20,24)(H,21,23)/t15-/m1/s1. The molecule has 3 rings (SSSR count). The number of carbonyl (C=O) groups excluding carboxylic acids is 3. The molecule has 0 aromatic carbocycles. The average Bonchev–Trinajstić information content (AvgIpc) is 3.34. The van der Waals surface area contributed by atoms with Crippen LogP contribution in [0, 0.1) is 0 Å². The Morgan fingerprint density at radius 3 is 2.85 bits per heavy atom. The number of amides is 2. The van der Waals surface area contributed by atoms with E-state index in [0.717, 1.165) is 19.4 Å². The Kier molecular flexibility index (Phi) is 6.49. The summed E-state index contributed by atoms with van der Waals surface area (Å²) in [7, 11) is 0. The van der Waals surface area contributed by atoms with Crippen LogP contribution in [0.25, 0.3) is 0 Å². The van der Waals surface area contributed by atoms with Crippen LogP contribution in [0.3, 0.4) is 0 Å². The van der Waals surface area contributed by atoms with Gasteiger partial charge in [0.1, 0.15) is 5.76 Å². The summed E-state index contributed by atoms with van der Waals surface area (Å²) in [6.45, 7) is 3.58. The highest BCUT2D eigenvalue weighted by Gasteiger charge is 2.36. The SMILES string of the molecule is CCOC(=O)c1ccc(CNC(=O)C[C@@H]2C(=O)NCCN2C2CCCC2)o1. The van der Waals surface area contributed by atoms with Gasteiger partial charge in [0.25, 0.3) is 0 Å². The molecule has 0 radical (unpaired) electrons. The summed E-state index contributed by atoms with van der Waals surface area (Å²) in [5.41, 5.74) is 0. The van der Waals surface area contributed by atoms with Crippen molar-refractivity contribution in [1.29, 1.82) is 0 Å². The summed E-state index contributed by atoms with van der Waals surface area (Å²) < 4.78 is 10.3. The van der Waals surface area contributed by atoms with Gasteiger partial charge in [0.15, 0.2) is 0 Å². The third kappa shape index (κ3) is 4.88. The van der Waals surface area contributed by atoms with Crippen molar-refractivity contribution in [2.45, 2.75) is 57.7 Å². The molecule has 1 atom stereocenters. The number of furan rings is 1. The van der Waals surface area contributed by atoms with Crippen molar-refractivity contribution in [1.82, 2.24) is 15.5 Å². The van der Waals surface area contributed by atoms with Crippen molar-refractivity contribution in [3.63, 3.8) is 0 Å². The van der Waals surface area contributed by atoms with Gasteiger partial charge in [-0.15, -0.1) is 0 Å². The van der Waals surface area contributed by atoms with E-state index in [-0.39, 0.29) is 37.1 Å². The van der Waals surface area contributed by atoms with Gasteiger partial charge in [-0.2, -0.15) is 0 Å². The number of carbonyl (C=O) groups is 3. The number of nitrogens with one attached hydrogen (secondary N) is 2. The first-order valence-corrected chi connectivity index (χ1v) is 9.64. The quantitative estimate of drug-likeness (QED) is 0.693. The molecule has 27 heavy (non-hydrogen) atoms. The molecule has 1 aromatic heterocycles. The summed E-state index contributed by atoms with van der Waals surface area (Å²) in [5.74, 6) is -0.242. The molecule has 8 nitrogen and oxygen atoms in total. The minimum absolute atomic E-state index is 0.0779. The molecule has 2 amide bonds. The largest absolute Gasteiger partial charge is 0.460 e. The zero-order valence-corrected chi connectivity index (χ0v) is 15.7. The molecule has 2 N–H and O–H groups in total. The van der Waals surface area contributed by atoms with E-state index in [1.165, 1.54) is 18.9 Å². The average molecular weight is 377 g/mol. The number of hydrogen-bond acceptors (Lipinski definition) is 6. The molecule has 1 aromatic rings. The van der Waals surface area contributed by atoms with Crippen LogP contribution in [0.4, 0.5) is 0 Å². The molecule has 2 aliphatic rings. The Morgan fingerprint density at radius 2 is 2.11 bits per heavy atom. The number of esters is 1. The predicted octanol–water partition coefficient (Wildman–Crippen LogP) is 1.21. The zero-order valence-electron chi connectivity index (χ0n) is 15.7. The second-order valence-corrected chi connectivity index (χ2v) is 6.95. The summed E-state index contributed by atoms with van der Waals surface area (Å²) >= 11 is 0. The maximum atomic E-state index is 12.4. The van der Waals surface area contributed by atoms with E-state index in [2.05, 4.69) is 15.5 Å². The van der Waals surface area contributed by atoms with Gasteiger partial charge in [-0.05, 0) is 31.9 Å². The van der Waals surface area contributed by atoms with Crippen molar-refractivity contribution in [2.75, 3.05) is 19.7 Å². The fourth-order valence-electron chi connectivity index (χ4n) is 3.83. The van der Waals surface area contributed by atoms with Gasteiger partial charge in [-0.3, -0.25) is 14.5 Å². The molecule has 0 bridgehead atoms. The van der Waals surface area contributed by atoms with Gasteiger partial charge < -0.3 is 19.8 Å². The van der Waals surface area contributed by atoms with Gasteiger partial charge in [-0.25, -0.2) is 4.79 Å². The summed E-state index contributed by atoms with van der Waals surface area (Å²) in [6.07, 6.45) is 4.67. The van der Waals surface area contributed by atoms with Crippen LogP contribution in [-0.2, 0) is 20.9 Å². The lowest BCUT2D eigenvalue weighted by Gasteiger charge is -2.38. The van der Waals surface area contributed by atoms with Crippen molar-refractivity contribution in [3.05, 3.63) is 23.7 Å². The van der Waals surface area contributed by atoms with Gasteiger partial charge in [0.2, 0.25) is 17.6 Å². The van der Waals surface area contributed by atoms with Gasteiger partial charge in [-0.1, -0.05) is 12.8 Å². The molecule has 0 unspecified atom stereocenters. The third-order valence-electron chi connectivity index (χ3n) is 5.14. The zero-order chi connectivity index (χ0) is 19.2. The Balaban J connectivity index is 1.53. The van der Waals surface area contributed by atoms with Crippen molar-refractivity contribution >= 4 is 17.8 Å². The van der Waals surface area contributed by atoms with Crippen molar-refractivity contribution < 1.29 is 23.5 Å². The highest BCUT2D eigenvalue weighted by molar-refractivity contribution is 5.89. The van der Waals surface area contributed by atoms with E-state index in [9.17, 15) is 14.4 Å².